The summed E-state index contributed by atoms with van der Waals surface area (Å²) in [5.41, 5.74) is 3.14. The first-order chi connectivity index (χ1) is 20.7. The van der Waals surface area contributed by atoms with Gasteiger partial charge in [-0.2, -0.15) is 0 Å². The molecule has 0 aromatic heterocycles. The van der Waals surface area contributed by atoms with Crippen LogP contribution in [0.2, 0.25) is 0 Å². The van der Waals surface area contributed by atoms with Gasteiger partial charge in [-0.05, 0) is 91.7 Å². The Morgan fingerprint density at radius 3 is 1.61 bits per heavy atom. The second-order valence-corrected chi connectivity index (χ2v) is 12.8. The number of carbonyl (C=O) groups excluding carboxylic acids is 2. The van der Waals surface area contributed by atoms with Gasteiger partial charge in [-0.1, -0.05) is 58.2 Å². The van der Waals surface area contributed by atoms with E-state index in [0.29, 0.717) is 17.4 Å². The number of benzene rings is 2. The third-order valence-electron chi connectivity index (χ3n) is 8.65. The van der Waals surface area contributed by atoms with Gasteiger partial charge in [0.2, 0.25) is 0 Å². The lowest BCUT2D eigenvalue weighted by Crippen LogP contribution is -2.37. The molecule has 1 saturated carbocycles. The molecule has 3 rings (SSSR count). The van der Waals surface area contributed by atoms with Crippen molar-refractivity contribution >= 4 is 11.9 Å². The van der Waals surface area contributed by atoms with E-state index in [4.69, 9.17) is 18.9 Å². The monoisotopic (exact) mass is 608 g/mol. The molecule has 0 heterocycles. The summed E-state index contributed by atoms with van der Waals surface area (Å²) in [6.45, 7) is 16.9. The second kappa shape index (κ2) is 15.4. The predicted molar refractivity (Wildman–Crippen MR) is 170 cm³/mol. The Hall–Kier alpha value is -3.62. The van der Waals surface area contributed by atoms with E-state index in [9.17, 15) is 19.8 Å². The summed E-state index contributed by atoms with van der Waals surface area (Å²) in [5, 5.41) is 20.1. The quantitative estimate of drug-likeness (QED) is 0.192. The van der Waals surface area contributed by atoms with Gasteiger partial charge in [0.05, 0.1) is 0 Å². The van der Waals surface area contributed by atoms with E-state index >= 15 is 0 Å². The van der Waals surface area contributed by atoms with Gasteiger partial charge in [-0.15, -0.1) is 0 Å². The molecule has 2 aromatic rings. The van der Waals surface area contributed by atoms with Crippen LogP contribution in [0.25, 0.3) is 0 Å². The lowest BCUT2D eigenvalue weighted by atomic mass is 9.60. The number of esters is 2. The smallest absolute Gasteiger partial charge is 0.333 e. The molecule has 0 amide bonds. The number of aliphatic hydroxyl groups is 2. The molecule has 1 aliphatic rings. The average molecular weight is 609 g/mol. The summed E-state index contributed by atoms with van der Waals surface area (Å²) in [6, 6.07) is 16.1. The summed E-state index contributed by atoms with van der Waals surface area (Å²) in [5.74, 6) is 0.773. The molecule has 0 bridgehead atoms. The van der Waals surface area contributed by atoms with Crippen LogP contribution >= 0.6 is 0 Å². The summed E-state index contributed by atoms with van der Waals surface area (Å²) in [6.07, 6.45) is 2.50. The van der Waals surface area contributed by atoms with E-state index in [1.54, 1.807) is 13.8 Å². The van der Waals surface area contributed by atoms with Gasteiger partial charge in [-0.3, -0.25) is 0 Å². The molecular formula is C36H48O8. The summed E-state index contributed by atoms with van der Waals surface area (Å²) >= 11 is 0. The number of rotatable bonds is 15. The van der Waals surface area contributed by atoms with Crippen LogP contribution in [0, 0.1) is 5.92 Å². The van der Waals surface area contributed by atoms with Crippen LogP contribution in [0.15, 0.2) is 72.8 Å². The summed E-state index contributed by atoms with van der Waals surface area (Å²) in [4.78, 5) is 23.0. The Balaban J connectivity index is 1.48. The van der Waals surface area contributed by atoms with Crippen LogP contribution in [0.1, 0.15) is 71.4 Å². The zero-order valence-corrected chi connectivity index (χ0v) is 26.8. The molecule has 2 unspecified atom stereocenters. The van der Waals surface area contributed by atoms with Crippen molar-refractivity contribution in [3.63, 3.8) is 0 Å². The maximum Gasteiger partial charge on any atom is 0.333 e. The summed E-state index contributed by atoms with van der Waals surface area (Å²) < 4.78 is 21.4. The molecule has 44 heavy (non-hydrogen) atoms. The first-order valence-electron chi connectivity index (χ1n) is 15.2. The first kappa shape index (κ1) is 34.9. The fourth-order valence-corrected chi connectivity index (χ4v) is 5.51. The number of ether oxygens (including phenoxy) is 4. The van der Waals surface area contributed by atoms with Crippen molar-refractivity contribution in [2.75, 3.05) is 26.4 Å². The fourth-order valence-electron chi connectivity index (χ4n) is 5.51. The molecule has 0 spiro atoms. The van der Waals surface area contributed by atoms with Crippen LogP contribution < -0.4 is 9.47 Å². The van der Waals surface area contributed by atoms with E-state index in [1.807, 2.05) is 24.3 Å². The molecule has 2 atom stereocenters. The molecule has 8 heteroatoms. The normalized spacial score (nSPS) is 19.8. The van der Waals surface area contributed by atoms with Crippen molar-refractivity contribution < 1.29 is 38.7 Å². The van der Waals surface area contributed by atoms with Gasteiger partial charge < -0.3 is 29.2 Å². The maximum atomic E-state index is 11.5. The average Bonchev–Trinajstić information content (AvgIpc) is 3.00. The first-order valence-corrected chi connectivity index (χ1v) is 15.2. The van der Waals surface area contributed by atoms with Gasteiger partial charge >= 0.3 is 11.9 Å². The van der Waals surface area contributed by atoms with Crippen LogP contribution in [-0.2, 0) is 29.9 Å². The molecule has 0 radical (unpaired) electrons. The minimum atomic E-state index is -0.924. The van der Waals surface area contributed by atoms with E-state index in [2.05, 4.69) is 58.2 Å². The van der Waals surface area contributed by atoms with Crippen molar-refractivity contribution in [1.82, 2.24) is 0 Å². The van der Waals surface area contributed by atoms with E-state index in [-0.39, 0.29) is 48.4 Å². The number of aliphatic hydroxyl groups excluding tert-OH is 2. The highest BCUT2D eigenvalue weighted by Gasteiger charge is 2.39. The predicted octanol–water partition coefficient (Wildman–Crippen LogP) is 5.83. The molecule has 8 nitrogen and oxygen atoms in total. The Morgan fingerprint density at radius 1 is 0.795 bits per heavy atom. The number of carbonyl (C=O) groups is 2. The molecular weight excluding hydrogens is 560 g/mol. The van der Waals surface area contributed by atoms with Crippen molar-refractivity contribution in [3.05, 3.63) is 84.0 Å². The highest BCUT2D eigenvalue weighted by molar-refractivity contribution is 5.87. The zero-order valence-electron chi connectivity index (χ0n) is 26.8. The minimum Gasteiger partial charge on any atom is -0.491 e. The van der Waals surface area contributed by atoms with Crippen LogP contribution in [0.3, 0.4) is 0 Å². The molecule has 240 valence electrons. The van der Waals surface area contributed by atoms with Crippen molar-refractivity contribution in [2.24, 2.45) is 5.92 Å². The van der Waals surface area contributed by atoms with E-state index in [1.165, 1.54) is 11.1 Å². The van der Waals surface area contributed by atoms with Gasteiger partial charge in [0.1, 0.15) is 50.1 Å². The molecule has 2 N–H and O–H groups in total. The highest BCUT2D eigenvalue weighted by atomic mass is 16.6. The molecule has 2 aromatic carbocycles. The lowest BCUT2D eigenvalue weighted by Gasteiger charge is -2.44. The van der Waals surface area contributed by atoms with Gasteiger partial charge in [0.25, 0.3) is 0 Å². The lowest BCUT2D eigenvalue weighted by molar-refractivity contribution is -0.143. The number of hydrogen-bond donors (Lipinski definition) is 2. The van der Waals surface area contributed by atoms with E-state index in [0.717, 1.165) is 25.7 Å². The maximum absolute atomic E-state index is 11.5. The Bertz CT molecular complexity index is 1270. The largest absolute Gasteiger partial charge is 0.491 e. The molecule has 0 aliphatic heterocycles. The Morgan fingerprint density at radius 2 is 1.20 bits per heavy atom. The third-order valence-corrected chi connectivity index (χ3v) is 8.65. The second-order valence-electron chi connectivity index (χ2n) is 12.8. The number of hydrogen-bond acceptors (Lipinski definition) is 8. The molecule has 0 saturated heterocycles. The molecule has 1 aliphatic carbocycles. The van der Waals surface area contributed by atoms with Gasteiger partial charge in [-0.25, -0.2) is 9.59 Å². The van der Waals surface area contributed by atoms with Crippen molar-refractivity contribution in [3.8, 4) is 11.5 Å². The third kappa shape index (κ3) is 9.69. The van der Waals surface area contributed by atoms with Gasteiger partial charge in [0.15, 0.2) is 0 Å². The minimum absolute atomic E-state index is 0.0205. The Kier molecular flexibility index (Phi) is 12.2. The topological polar surface area (TPSA) is 112 Å². The van der Waals surface area contributed by atoms with Crippen LogP contribution in [0.5, 0.6) is 11.5 Å². The van der Waals surface area contributed by atoms with E-state index < -0.39 is 24.1 Å². The van der Waals surface area contributed by atoms with Crippen LogP contribution in [0.4, 0.5) is 0 Å². The van der Waals surface area contributed by atoms with Crippen molar-refractivity contribution in [1.29, 1.82) is 0 Å². The summed E-state index contributed by atoms with van der Waals surface area (Å²) in [7, 11) is 0. The molecule has 1 fully saturated rings. The van der Waals surface area contributed by atoms with Crippen LogP contribution in [-0.4, -0.2) is 60.8 Å². The Labute approximate surface area is 261 Å². The SMILES string of the molecule is C=C(C)C(=O)OCC(O)COc1ccc(C2(C)CCC(C(C)(C)c3ccc(OCC(O)COC(=O)C(=C)C)cc3)CC2)cc1. The zero-order chi connectivity index (χ0) is 32.5. The van der Waals surface area contributed by atoms with Crippen molar-refractivity contribution in [2.45, 2.75) is 83.3 Å². The highest BCUT2D eigenvalue weighted by Crippen LogP contribution is 2.48. The standard InChI is InChI=1S/C36H48O8/c1-24(2)33(39)43-22-29(37)20-41-31-12-8-26(9-13-31)35(5,6)27-16-18-36(7,19-17-27)28-10-14-32(15-11-28)42-21-30(38)23-44-34(40)25(3)4/h8-15,27,29-30,37-38H,1,3,16-23H2,2,4-7H3. The van der Waals surface area contributed by atoms with Gasteiger partial charge in [0, 0.05) is 11.1 Å². The fraction of sp³-hybridized carbons (Fsp3) is 0.500.